The molecule has 0 aromatic heterocycles. The Morgan fingerprint density at radius 2 is 1.70 bits per heavy atom. The Bertz CT molecular complexity index is 626. The standard InChI is InChI=1S/C28H49NO/c1-19(2)8-7-9-20(3)24-12-13-25-23-11-10-21-18-22(29-30-6)14-16-27(21,4)26(23)15-17-28(24,25)5/h19-21,23-26H,7-18H2,1-6H3/b29-22+/t20-,21-,23-,24+,25-,26-,27-,28+/m0/s1. The molecule has 0 amide bonds. The van der Waals surface area contributed by atoms with Crippen molar-refractivity contribution in [3.63, 3.8) is 0 Å². The Morgan fingerprint density at radius 1 is 0.933 bits per heavy atom. The Kier molecular flexibility index (Phi) is 6.63. The van der Waals surface area contributed by atoms with Crippen molar-refractivity contribution in [1.82, 2.24) is 0 Å². The molecule has 172 valence electrons. The van der Waals surface area contributed by atoms with Crippen molar-refractivity contribution in [2.24, 2.45) is 57.4 Å². The van der Waals surface area contributed by atoms with Crippen LogP contribution in [0.2, 0.25) is 0 Å². The van der Waals surface area contributed by atoms with Crippen molar-refractivity contribution in [3.8, 4) is 0 Å². The molecule has 4 aliphatic carbocycles. The Labute approximate surface area is 187 Å². The fourth-order valence-electron chi connectivity index (χ4n) is 9.30. The molecule has 4 fully saturated rings. The van der Waals surface area contributed by atoms with Gasteiger partial charge in [-0.2, -0.15) is 0 Å². The quantitative estimate of drug-likeness (QED) is 0.401. The highest BCUT2D eigenvalue weighted by Crippen LogP contribution is 2.68. The molecule has 2 heteroatoms. The highest BCUT2D eigenvalue weighted by atomic mass is 16.6. The molecule has 0 bridgehead atoms. The molecule has 0 N–H and O–H groups in total. The molecule has 0 spiro atoms. The maximum atomic E-state index is 5.13. The fourth-order valence-corrected chi connectivity index (χ4v) is 9.30. The first-order valence-corrected chi connectivity index (χ1v) is 13.4. The van der Waals surface area contributed by atoms with Gasteiger partial charge in [0.25, 0.3) is 0 Å². The lowest BCUT2D eigenvalue weighted by Gasteiger charge is -2.60. The zero-order chi connectivity index (χ0) is 21.5. The van der Waals surface area contributed by atoms with Crippen molar-refractivity contribution >= 4 is 5.71 Å². The Balaban J connectivity index is 1.45. The van der Waals surface area contributed by atoms with Gasteiger partial charge < -0.3 is 4.84 Å². The zero-order valence-corrected chi connectivity index (χ0v) is 20.9. The van der Waals surface area contributed by atoms with Crippen LogP contribution in [0.1, 0.15) is 112 Å². The van der Waals surface area contributed by atoms with E-state index in [0.29, 0.717) is 10.8 Å². The summed E-state index contributed by atoms with van der Waals surface area (Å²) in [5.41, 5.74) is 2.51. The Morgan fingerprint density at radius 3 is 2.43 bits per heavy atom. The monoisotopic (exact) mass is 415 g/mol. The van der Waals surface area contributed by atoms with Crippen LogP contribution in [0.15, 0.2) is 5.16 Å². The second kappa shape index (κ2) is 8.78. The molecule has 4 rings (SSSR count). The SMILES string of the molecule is CO/N=C1\CC[C@@]2(C)[C@@H](CC[C@@H]3[C@@H]2CC[C@]2(C)[C@@H]([C@@H](C)CCCC(C)C)CC[C@@H]32)C1. The number of oxime groups is 1. The van der Waals surface area contributed by atoms with Crippen LogP contribution in [0, 0.1) is 52.3 Å². The number of fused-ring (bicyclic) bond motifs is 5. The second-order valence-electron chi connectivity index (χ2n) is 12.7. The second-order valence-corrected chi connectivity index (χ2v) is 12.7. The molecule has 4 saturated carbocycles. The number of nitrogens with zero attached hydrogens (tertiary/aromatic N) is 1. The van der Waals surface area contributed by atoms with Gasteiger partial charge in [0.2, 0.25) is 0 Å². The van der Waals surface area contributed by atoms with Crippen molar-refractivity contribution in [2.45, 2.75) is 112 Å². The lowest BCUT2D eigenvalue weighted by Crippen LogP contribution is -2.53. The van der Waals surface area contributed by atoms with E-state index >= 15 is 0 Å². The third-order valence-electron chi connectivity index (χ3n) is 10.9. The average molecular weight is 416 g/mol. The summed E-state index contributed by atoms with van der Waals surface area (Å²) in [6.07, 6.45) is 17.0. The molecule has 0 aromatic rings. The minimum Gasteiger partial charge on any atom is -0.399 e. The maximum absolute atomic E-state index is 5.13. The molecule has 2 nitrogen and oxygen atoms in total. The van der Waals surface area contributed by atoms with Crippen LogP contribution in [0.3, 0.4) is 0 Å². The molecule has 8 atom stereocenters. The fraction of sp³-hybridized carbons (Fsp3) is 0.964. The van der Waals surface area contributed by atoms with Gasteiger partial charge in [-0.05, 0) is 110 Å². The number of rotatable bonds is 6. The van der Waals surface area contributed by atoms with Crippen molar-refractivity contribution in [1.29, 1.82) is 0 Å². The predicted molar refractivity (Wildman–Crippen MR) is 128 cm³/mol. The molecule has 30 heavy (non-hydrogen) atoms. The zero-order valence-electron chi connectivity index (χ0n) is 20.9. The maximum Gasteiger partial charge on any atom is 0.106 e. The summed E-state index contributed by atoms with van der Waals surface area (Å²) in [5.74, 6) is 6.57. The van der Waals surface area contributed by atoms with Crippen LogP contribution in [0.4, 0.5) is 0 Å². The van der Waals surface area contributed by atoms with Crippen LogP contribution >= 0.6 is 0 Å². The lowest BCUT2D eigenvalue weighted by molar-refractivity contribution is -0.105. The third-order valence-corrected chi connectivity index (χ3v) is 10.9. The summed E-state index contributed by atoms with van der Waals surface area (Å²) in [5, 5.41) is 4.36. The molecule has 0 radical (unpaired) electrons. The van der Waals surface area contributed by atoms with Crippen molar-refractivity contribution < 1.29 is 4.84 Å². The van der Waals surface area contributed by atoms with Crippen LogP contribution in [-0.2, 0) is 4.84 Å². The van der Waals surface area contributed by atoms with Crippen LogP contribution < -0.4 is 0 Å². The first-order valence-electron chi connectivity index (χ1n) is 13.4. The minimum absolute atomic E-state index is 0.554. The molecule has 0 aromatic carbocycles. The molecule has 0 heterocycles. The van der Waals surface area contributed by atoms with E-state index in [1.165, 1.54) is 82.8 Å². The minimum atomic E-state index is 0.554. The summed E-state index contributed by atoms with van der Waals surface area (Å²) in [4.78, 5) is 5.13. The van der Waals surface area contributed by atoms with Gasteiger partial charge in [0, 0.05) is 0 Å². The molecular weight excluding hydrogens is 366 g/mol. The van der Waals surface area contributed by atoms with Crippen LogP contribution in [0.25, 0.3) is 0 Å². The number of hydrogen-bond acceptors (Lipinski definition) is 2. The van der Waals surface area contributed by atoms with E-state index in [-0.39, 0.29) is 0 Å². The van der Waals surface area contributed by atoms with E-state index in [4.69, 9.17) is 4.84 Å². The van der Waals surface area contributed by atoms with Crippen molar-refractivity contribution in [2.75, 3.05) is 7.11 Å². The first kappa shape index (κ1) is 22.7. The van der Waals surface area contributed by atoms with Gasteiger partial charge in [0.15, 0.2) is 0 Å². The molecular formula is C28H49NO. The van der Waals surface area contributed by atoms with Crippen molar-refractivity contribution in [3.05, 3.63) is 0 Å². The highest BCUT2D eigenvalue weighted by Gasteiger charge is 2.60. The molecule has 0 unspecified atom stereocenters. The summed E-state index contributed by atoms with van der Waals surface area (Å²) < 4.78 is 0. The topological polar surface area (TPSA) is 21.6 Å². The Hall–Kier alpha value is -0.530. The van der Waals surface area contributed by atoms with E-state index in [1.807, 2.05) is 0 Å². The lowest BCUT2D eigenvalue weighted by atomic mass is 9.44. The molecule has 4 aliphatic rings. The number of hydrogen-bond donors (Lipinski definition) is 0. The van der Waals surface area contributed by atoms with Gasteiger partial charge in [-0.15, -0.1) is 0 Å². The third kappa shape index (κ3) is 3.88. The van der Waals surface area contributed by atoms with Gasteiger partial charge in [-0.25, -0.2) is 0 Å². The van der Waals surface area contributed by atoms with E-state index < -0.39 is 0 Å². The van der Waals surface area contributed by atoms with E-state index in [2.05, 4.69) is 39.8 Å². The average Bonchev–Trinajstić information content (AvgIpc) is 3.05. The van der Waals surface area contributed by atoms with Crippen LogP contribution in [0.5, 0.6) is 0 Å². The normalized spacial score (nSPS) is 45.7. The van der Waals surface area contributed by atoms with E-state index in [0.717, 1.165) is 41.4 Å². The van der Waals surface area contributed by atoms with E-state index in [1.54, 1.807) is 7.11 Å². The predicted octanol–water partition coefficient (Wildman–Crippen LogP) is 8.11. The van der Waals surface area contributed by atoms with Gasteiger partial charge in [0.05, 0.1) is 5.71 Å². The van der Waals surface area contributed by atoms with Gasteiger partial charge in [-0.1, -0.05) is 59.0 Å². The molecule has 0 saturated heterocycles. The summed E-state index contributed by atoms with van der Waals surface area (Å²) in [6.45, 7) is 12.8. The largest absolute Gasteiger partial charge is 0.399 e. The summed E-state index contributed by atoms with van der Waals surface area (Å²) in [6, 6.07) is 0. The smallest absolute Gasteiger partial charge is 0.106 e. The van der Waals surface area contributed by atoms with Crippen LogP contribution in [-0.4, -0.2) is 12.8 Å². The van der Waals surface area contributed by atoms with Gasteiger partial charge in [-0.3, -0.25) is 0 Å². The first-order chi connectivity index (χ1) is 14.3. The van der Waals surface area contributed by atoms with Gasteiger partial charge in [0.1, 0.15) is 7.11 Å². The highest BCUT2D eigenvalue weighted by molar-refractivity contribution is 5.85. The van der Waals surface area contributed by atoms with E-state index in [9.17, 15) is 0 Å². The van der Waals surface area contributed by atoms with Gasteiger partial charge >= 0.3 is 0 Å². The summed E-state index contributed by atoms with van der Waals surface area (Å²) >= 11 is 0. The summed E-state index contributed by atoms with van der Waals surface area (Å²) in [7, 11) is 1.71. The molecule has 0 aliphatic heterocycles.